The molecule has 5 atom stereocenters. The summed E-state index contributed by atoms with van der Waals surface area (Å²) in [6.07, 6.45) is 42.3. The van der Waals surface area contributed by atoms with E-state index in [0.29, 0.717) is 37.5 Å². The quantitative estimate of drug-likeness (QED) is 0.0222. The van der Waals surface area contributed by atoms with Crippen LogP contribution < -0.4 is 0 Å². The third kappa shape index (κ3) is 62.6. The van der Waals surface area contributed by atoms with Crippen molar-refractivity contribution in [3.05, 3.63) is 0 Å². The van der Waals surface area contributed by atoms with E-state index >= 15 is 0 Å². The van der Waals surface area contributed by atoms with Crippen molar-refractivity contribution < 1.29 is 80.2 Å². The maximum absolute atomic E-state index is 13.0. The molecule has 0 spiro atoms. The number of hydrogen-bond donors (Lipinski definition) is 3. The third-order valence-electron chi connectivity index (χ3n) is 15.6. The van der Waals surface area contributed by atoms with Gasteiger partial charge in [-0.15, -0.1) is 0 Å². The van der Waals surface area contributed by atoms with Gasteiger partial charge in [0.1, 0.15) is 19.3 Å². The summed E-state index contributed by atoms with van der Waals surface area (Å²) in [5.74, 6) is 0.0546. The van der Waals surface area contributed by atoms with Crippen LogP contribution in [0.3, 0.4) is 0 Å². The Morgan fingerprint density at radius 2 is 0.529 bits per heavy atom. The number of aliphatic hydroxyl groups excluding tert-OH is 1. The summed E-state index contributed by atoms with van der Waals surface area (Å²) in [6.45, 7) is 11.7. The number of rotatable bonds is 66. The summed E-state index contributed by atoms with van der Waals surface area (Å²) in [4.78, 5) is 72.2. The van der Waals surface area contributed by atoms with Crippen LogP contribution in [-0.4, -0.2) is 96.7 Å². The molecule has 0 radical (unpaired) electrons. The van der Waals surface area contributed by atoms with Gasteiger partial charge in [-0.2, -0.15) is 0 Å². The van der Waals surface area contributed by atoms with Gasteiger partial charge < -0.3 is 33.8 Å². The number of phosphoric acid groups is 2. The Morgan fingerprint density at radius 1 is 0.310 bits per heavy atom. The molecule has 17 nitrogen and oxygen atoms in total. The molecule has 0 aromatic rings. The number of phosphoric ester groups is 2. The first kappa shape index (κ1) is 85.1. The fraction of sp³-hybridized carbons (Fsp3) is 0.941. The van der Waals surface area contributed by atoms with Crippen molar-refractivity contribution in [2.75, 3.05) is 39.6 Å². The molecule has 0 aliphatic heterocycles. The zero-order valence-corrected chi connectivity index (χ0v) is 58.3. The lowest BCUT2D eigenvalue weighted by Crippen LogP contribution is -2.30. The van der Waals surface area contributed by atoms with Crippen LogP contribution >= 0.6 is 15.6 Å². The smallest absolute Gasteiger partial charge is 0.462 e. The number of ether oxygens (including phenoxy) is 4. The summed E-state index contributed by atoms with van der Waals surface area (Å²) in [6, 6.07) is 0. The number of unbranched alkanes of at least 4 members (excludes halogenated alkanes) is 34. The predicted octanol–water partition coefficient (Wildman–Crippen LogP) is 19.1. The Bertz CT molecular complexity index is 1720. The molecule has 0 fully saturated rings. The maximum Gasteiger partial charge on any atom is 0.472 e. The summed E-state index contributed by atoms with van der Waals surface area (Å²) >= 11 is 0. The van der Waals surface area contributed by atoms with Gasteiger partial charge in [0.2, 0.25) is 0 Å². The molecule has 0 saturated carbocycles. The largest absolute Gasteiger partial charge is 0.472 e. The molecular formula is C68H132O17P2. The molecule has 0 heterocycles. The lowest BCUT2D eigenvalue weighted by molar-refractivity contribution is -0.161. The lowest BCUT2D eigenvalue weighted by atomic mass is 10.0. The predicted molar refractivity (Wildman–Crippen MR) is 349 cm³/mol. The summed E-state index contributed by atoms with van der Waals surface area (Å²) in [7, 11) is -9.89. The van der Waals surface area contributed by atoms with E-state index in [1.807, 2.05) is 0 Å². The fourth-order valence-corrected chi connectivity index (χ4v) is 11.8. The van der Waals surface area contributed by atoms with E-state index in [-0.39, 0.29) is 25.7 Å². The Morgan fingerprint density at radius 3 is 0.782 bits per heavy atom. The van der Waals surface area contributed by atoms with Gasteiger partial charge in [0.05, 0.1) is 26.4 Å². The summed E-state index contributed by atoms with van der Waals surface area (Å²) < 4.78 is 68.0. The van der Waals surface area contributed by atoms with Crippen LogP contribution in [0.5, 0.6) is 0 Å². The minimum atomic E-state index is -4.95. The minimum Gasteiger partial charge on any atom is -0.462 e. The molecule has 516 valence electrons. The summed E-state index contributed by atoms with van der Waals surface area (Å²) in [5.41, 5.74) is 0. The van der Waals surface area contributed by atoms with E-state index in [4.69, 9.17) is 37.0 Å². The van der Waals surface area contributed by atoms with Gasteiger partial charge in [0.15, 0.2) is 12.2 Å². The molecule has 3 N–H and O–H groups in total. The van der Waals surface area contributed by atoms with Gasteiger partial charge in [-0.05, 0) is 43.4 Å². The number of carbonyl (C=O) groups is 4. The van der Waals surface area contributed by atoms with E-state index in [1.165, 1.54) is 128 Å². The van der Waals surface area contributed by atoms with Crippen molar-refractivity contribution >= 4 is 39.5 Å². The average Bonchev–Trinajstić information content (AvgIpc) is 3.63. The Labute approximate surface area is 530 Å². The molecule has 87 heavy (non-hydrogen) atoms. The van der Waals surface area contributed by atoms with Gasteiger partial charge in [-0.1, -0.05) is 286 Å². The number of carbonyl (C=O) groups excluding carboxylic acids is 4. The molecule has 2 unspecified atom stereocenters. The number of esters is 4. The van der Waals surface area contributed by atoms with Gasteiger partial charge >= 0.3 is 39.5 Å². The van der Waals surface area contributed by atoms with E-state index in [0.717, 1.165) is 115 Å². The summed E-state index contributed by atoms with van der Waals surface area (Å²) in [5, 5.41) is 10.5. The molecule has 19 heteroatoms. The highest BCUT2D eigenvalue weighted by atomic mass is 31.2. The molecular weight excluding hydrogens is 1150 g/mol. The van der Waals surface area contributed by atoms with Crippen molar-refractivity contribution in [3.63, 3.8) is 0 Å². The van der Waals surface area contributed by atoms with Crippen molar-refractivity contribution in [3.8, 4) is 0 Å². The second-order valence-electron chi connectivity index (χ2n) is 26.0. The number of aliphatic hydroxyl groups is 1. The normalized spacial score (nSPS) is 14.3. The van der Waals surface area contributed by atoms with Crippen LogP contribution in [-0.2, 0) is 65.4 Å². The molecule has 0 aliphatic rings. The van der Waals surface area contributed by atoms with Crippen molar-refractivity contribution in [1.82, 2.24) is 0 Å². The second kappa shape index (κ2) is 59.1. The van der Waals surface area contributed by atoms with E-state index in [2.05, 4.69) is 48.5 Å². The molecule has 0 aromatic heterocycles. The Kier molecular flexibility index (Phi) is 57.8. The average molecular weight is 1280 g/mol. The van der Waals surface area contributed by atoms with Gasteiger partial charge in [0.25, 0.3) is 0 Å². The molecule has 0 amide bonds. The van der Waals surface area contributed by atoms with Crippen molar-refractivity contribution in [2.45, 2.75) is 356 Å². The van der Waals surface area contributed by atoms with Crippen molar-refractivity contribution in [1.29, 1.82) is 0 Å². The van der Waals surface area contributed by atoms with Crippen LogP contribution in [0.25, 0.3) is 0 Å². The van der Waals surface area contributed by atoms with Crippen LogP contribution in [0.2, 0.25) is 0 Å². The van der Waals surface area contributed by atoms with E-state index in [9.17, 15) is 43.2 Å². The monoisotopic (exact) mass is 1280 g/mol. The fourth-order valence-electron chi connectivity index (χ4n) is 10.2. The Balaban J connectivity index is 5.11. The highest BCUT2D eigenvalue weighted by molar-refractivity contribution is 7.47. The third-order valence-corrected chi connectivity index (χ3v) is 17.5. The molecule has 0 aromatic carbocycles. The van der Waals surface area contributed by atoms with E-state index < -0.39 is 97.5 Å². The van der Waals surface area contributed by atoms with Crippen LogP contribution in [0, 0.1) is 17.8 Å². The first-order chi connectivity index (χ1) is 41.7. The SMILES string of the molecule is CCCCCCCCCC(=O)OC[C@H](COP(=O)(O)OC[C@H](O)COP(=O)(O)OC[C@@H](COC(=O)CCCCCCCCCC(C)C)OC(=O)CCCCCCCCCCCCCCCCCCCCC(C)C)OC(=O)CCCCCCCCC(C)C. The minimum absolute atomic E-state index is 0.101. The van der Waals surface area contributed by atoms with Crippen molar-refractivity contribution in [2.24, 2.45) is 17.8 Å². The van der Waals surface area contributed by atoms with Crippen LogP contribution in [0.4, 0.5) is 0 Å². The zero-order valence-electron chi connectivity index (χ0n) is 56.5. The standard InChI is InChI=1S/C68H132O17P2/c1-8-9-10-11-25-35-42-49-65(70)78-55-64(85-68(73)52-45-38-31-30-34-41-48-61(6)7)58-83-87(76,77)81-54-62(69)53-80-86(74,75)82-57-63(56-79-66(71)50-43-36-29-24-27-33-40-47-60(4)5)84-67(72)51-44-37-28-23-21-19-17-15-13-12-14-16-18-20-22-26-32-39-46-59(2)3/h59-64,69H,8-58H2,1-7H3,(H,74,75)(H,76,77)/t62-,63-,64-/m1/s1. The number of hydrogen-bond acceptors (Lipinski definition) is 15. The van der Waals surface area contributed by atoms with Gasteiger partial charge in [-0.25, -0.2) is 9.13 Å². The highest BCUT2D eigenvalue weighted by Gasteiger charge is 2.30. The Hall–Kier alpha value is -1.94. The van der Waals surface area contributed by atoms with E-state index in [1.54, 1.807) is 0 Å². The first-order valence-corrected chi connectivity index (χ1v) is 38.3. The van der Waals surface area contributed by atoms with Crippen LogP contribution in [0.1, 0.15) is 337 Å². The molecule has 0 rings (SSSR count). The highest BCUT2D eigenvalue weighted by Crippen LogP contribution is 2.45. The molecule has 0 aliphatic carbocycles. The van der Waals surface area contributed by atoms with Crippen LogP contribution in [0.15, 0.2) is 0 Å². The molecule has 0 saturated heterocycles. The first-order valence-electron chi connectivity index (χ1n) is 35.3. The van der Waals surface area contributed by atoms with Gasteiger partial charge in [0, 0.05) is 25.7 Å². The topological polar surface area (TPSA) is 237 Å². The lowest BCUT2D eigenvalue weighted by Gasteiger charge is -2.21. The van der Waals surface area contributed by atoms with Gasteiger partial charge in [-0.3, -0.25) is 37.3 Å². The second-order valence-corrected chi connectivity index (χ2v) is 28.9. The molecule has 0 bridgehead atoms. The zero-order chi connectivity index (χ0) is 64.5. The maximum atomic E-state index is 13.0.